The fourth-order valence-electron chi connectivity index (χ4n) is 6.31. The number of phenols is 1. The molecule has 0 saturated carbocycles. The monoisotopic (exact) mass is 986 g/mol. The zero-order valence-electron chi connectivity index (χ0n) is 32.0. The Morgan fingerprint density at radius 1 is 0.632 bits per heavy atom. The quantitative estimate of drug-likeness (QED) is 0.0902. The van der Waals surface area contributed by atoms with E-state index in [1.807, 2.05) is 48.5 Å². The van der Waals surface area contributed by atoms with Gasteiger partial charge in [0.2, 0.25) is 0 Å². The van der Waals surface area contributed by atoms with Crippen molar-refractivity contribution >= 4 is 89.9 Å². The molecule has 0 amide bonds. The van der Waals surface area contributed by atoms with Crippen LogP contribution in [-0.2, 0) is 40.1 Å². The molecule has 16 heteroatoms. The number of hydrogen-bond donors (Lipinski definition) is 1. The van der Waals surface area contributed by atoms with Gasteiger partial charge in [-0.25, -0.2) is 8.78 Å². The SMILES string of the molecule is CCOP(=O)(OCC)C(Cc1ccc(F)c(O)c1)c1sc2ccccc2c1Br.CCOP(=O)(OCC)C(Cc1ccc(F)c(OC)c1)c1sc2ccccc2c1Br. The summed E-state index contributed by atoms with van der Waals surface area (Å²) in [6.45, 7) is 8.15. The number of benzene rings is 4. The highest BCUT2D eigenvalue weighted by Gasteiger charge is 2.41. The lowest BCUT2D eigenvalue weighted by molar-refractivity contribution is 0.211. The predicted octanol–water partition coefficient (Wildman–Crippen LogP) is 14.4. The van der Waals surface area contributed by atoms with Crippen molar-refractivity contribution in [2.24, 2.45) is 0 Å². The lowest BCUT2D eigenvalue weighted by Crippen LogP contribution is -2.09. The summed E-state index contributed by atoms with van der Waals surface area (Å²) < 4.78 is 86.5. The molecule has 0 spiro atoms. The smallest absolute Gasteiger partial charge is 0.339 e. The topological polar surface area (TPSA) is 101 Å². The van der Waals surface area contributed by atoms with Crippen molar-refractivity contribution in [3.63, 3.8) is 0 Å². The molecule has 0 saturated heterocycles. The van der Waals surface area contributed by atoms with E-state index in [-0.39, 0.29) is 38.6 Å². The van der Waals surface area contributed by atoms with Gasteiger partial charge in [-0.3, -0.25) is 9.13 Å². The van der Waals surface area contributed by atoms with Gasteiger partial charge in [0.1, 0.15) is 11.3 Å². The summed E-state index contributed by atoms with van der Waals surface area (Å²) in [6, 6.07) is 24.7. The fraction of sp³-hybridized carbons (Fsp3) is 0.317. The maximum absolute atomic E-state index is 13.9. The zero-order valence-corrected chi connectivity index (χ0v) is 38.6. The molecule has 2 aromatic heterocycles. The van der Waals surface area contributed by atoms with E-state index in [1.54, 1.807) is 57.2 Å². The van der Waals surface area contributed by atoms with E-state index >= 15 is 0 Å². The first-order valence-corrected chi connectivity index (χ1v) is 24.7. The fourth-order valence-corrected chi connectivity index (χ4v) is 15.9. The van der Waals surface area contributed by atoms with E-state index < -0.39 is 43.9 Å². The van der Waals surface area contributed by atoms with Crippen LogP contribution in [0.3, 0.4) is 0 Å². The van der Waals surface area contributed by atoms with Gasteiger partial charge in [0.15, 0.2) is 23.1 Å². The van der Waals surface area contributed by atoms with Crippen LogP contribution in [0.1, 0.15) is 59.9 Å². The van der Waals surface area contributed by atoms with Gasteiger partial charge in [-0.15, -0.1) is 22.7 Å². The second-order valence-electron chi connectivity index (χ2n) is 12.5. The molecule has 0 aliphatic carbocycles. The van der Waals surface area contributed by atoms with Gasteiger partial charge in [-0.2, -0.15) is 0 Å². The van der Waals surface area contributed by atoms with Crippen LogP contribution in [0.25, 0.3) is 20.2 Å². The predicted molar refractivity (Wildman–Crippen MR) is 235 cm³/mol. The van der Waals surface area contributed by atoms with Crippen LogP contribution in [-0.4, -0.2) is 38.6 Å². The lowest BCUT2D eigenvalue weighted by Gasteiger charge is -2.26. The average molecular weight is 989 g/mol. The molecule has 2 atom stereocenters. The van der Waals surface area contributed by atoms with E-state index in [0.29, 0.717) is 12.0 Å². The van der Waals surface area contributed by atoms with Gasteiger partial charge >= 0.3 is 15.2 Å². The Morgan fingerprint density at radius 2 is 1.04 bits per heavy atom. The highest BCUT2D eigenvalue weighted by molar-refractivity contribution is 9.11. The van der Waals surface area contributed by atoms with Crippen LogP contribution in [0.5, 0.6) is 11.5 Å². The third-order valence-corrected chi connectivity index (χ3v) is 18.8. The largest absolute Gasteiger partial charge is 0.505 e. The highest BCUT2D eigenvalue weighted by Crippen LogP contribution is 2.66. The van der Waals surface area contributed by atoms with Gasteiger partial charge in [0, 0.05) is 38.9 Å². The van der Waals surface area contributed by atoms with Gasteiger partial charge in [-0.05, 0) is 120 Å². The molecule has 0 radical (unpaired) electrons. The number of ether oxygens (including phenoxy) is 1. The third-order valence-electron chi connectivity index (χ3n) is 8.81. The second-order valence-corrected chi connectivity index (χ2v) is 20.7. The maximum Gasteiger partial charge on any atom is 0.339 e. The van der Waals surface area contributed by atoms with E-state index in [2.05, 4.69) is 31.9 Å². The van der Waals surface area contributed by atoms with Crippen molar-refractivity contribution in [2.45, 2.75) is 51.9 Å². The molecule has 0 fully saturated rings. The Morgan fingerprint density at radius 3 is 1.42 bits per heavy atom. The molecule has 306 valence electrons. The molecule has 2 unspecified atom stereocenters. The minimum absolute atomic E-state index is 0.152. The van der Waals surface area contributed by atoms with Crippen molar-refractivity contribution in [3.05, 3.63) is 126 Å². The summed E-state index contributed by atoms with van der Waals surface area (Å²) >= 11 is 10.4. The van der Waals surface area contributed by atoms with Crippen LogP contribution >= 0.6 is 69.7 Å². The molecule has 4 aromatic carbocycles. The first-order chi connectivity index (χ1) is 27.3. The Kier molecular flexibility index (Phi) is 16.5. The molecule has 6 rings (SSSR count). The molecule has 0 aliphatic rings. The molecule has 0 bridgehead atoms. The van der Waals surface area contributed by atoms with E-state index in [9.17, 15) is 23.0 Å². The summed E-state index contributed by atoms with van der Waals surface area (Å²) in [4.78, 5) is 1.73. The van der Waals surface area contributed by atoms with Crippen LogP contribution in [0, 0.1) is 11.6 Å². The highest BCUT2D eigenvalue weighted by atomic mass is 79.9. The van der Waals surface area contributed by atoms with Crippen molar-refractivity contribution in [3.8, 4) is 11.5 Å². The van der Waals surface area contributed by atoms with Gasteiger partial charge in [0.25, 0.3) is 0 Å². The molecule has 0 aliphatic heterocycles. The summed E-state index contributed by atoms with van der Waals surface area (Å²) in [5, 5.41) is 11.8. The van der Waals surface area contributed by atoms with Crippen molar-refractivity contribution in [1.82, 2.24) is 0 Å². The summed E-state index contributed by atoms with van der Waals surface area (Å²) in [6.07, 6.45) is 0.635. The van der Waals surface area contributed by atoms with E-state index in [1.165, 1.54) is 36.6 Å². The molecule has 6 aromatic rings. The molecule has 1 N–H and O–H groups in total. The van der Waals surface area contributed by atoms with Crippen molar-refractivity contribution < 1.29 is 45.8 Å². The normalized spacial score (nSPS) is 13.1. The number of thiophene rings is 2. The van der Waals surface area contributed by atoms with E-state index in [0.717, 1.165) is 44.4 Å². The van der Waals surface area contributed by atoms with Crippen molar-refractivity contribution in [2.75, 3.05) is 33.5 Å². The van der Waals surface area contributed by atoms with E-state index in [4.69, 9.17) is 22.8 Å². The Bertz CT molecular complexity index is 2370. The number of phenolic OH excluding ortho intramolecular Hbond substituents is 1. The molecular weight excluding hydrogens is 944 g/mol. The second kappa shape index (κ2) is 20.7. The number of halogens is 4. The minimum atomic E-state index is -3.52. The van der Waals surface area contributed by atoms with Crippen LogP contribution in [0.2, 0.25) is 0 Å². The standard InChI is InChI=1S/C21H23BrFO4PS.C20H21BrFO4PS/c1-4-26-28(24,27-5-2)18(13-14-10-11-16(23)17(12-14)25-3)21-20(22)15-8-6-7-9-19(15)29-21;1-3-25-27(24,26-4-2)17(12-13-9-10-15(22)16(23)11-13)20-19(21)14-7-5-6-8-18(14)28-20/h6-12,18H,4-5,13H2,1-3H3;5-11,17,23H,3-4,12H2,1-2H3. The first-order valence-electron chi connectivity index (χ1n) is 18.2. The molecule has 2 heterocycles. The average Bonchev–Trinajstić information content (AvgIpc) is 3.70. The minimum Gasteiger partial charge on any atom is -0.505 e. The van der Waals surface area contributed by atoms with Crippen LogP contribution in [0.4, 0.5) is 8.78 Å². The van der Waals surface area contributed by atoms with Gasteiger partial charge < -0.3 is 27.9 Å². The Labute approximate surface area is 356 Å². The first kappa shape index (κ1) is 45.6. The van der Waals surface area contributed by atoms with Crippen molar-refractivity contribution in [1.29, 1.82) is 0 Å². The van der Waals surface area contributed by atoms with Crippen LogP contribution in [0.15, 0.2) is 93.9 Å². The maximum atomic E-state index is 13.9. The molecule has 57 heavy (non-hydrogen) atoms. The number of fused-ring (bicyclic) bond motifs is 2. The number of aromatic hydroxyl groups is 1. The number of rotatable bonds is 17. The summed E-state index contributed by atoms with van der Waals surface area (Å²) in [7, 11) is -5.59. The summed E-state index contributed by atoms with van der Waals surface area (Å²) in [5.41, 5.74) is 0.304. The Balaban J connectivity index is 0.000000218. The zero-order chi connectivity index (χ0) is 41.3. The number of methoxy groups -OCH3 is 1. The molecule has 8 nitrogen and oxygen atoms in total. The number of hydrogen-bond acceptors (Lipinski definition) is 10. The van der Waals surface area contributed by atoms with Crippen LogP contribution < -0.4 is 4.74 Å². The lowest BCUT2D eigenvalue weighted by atomic mass is 10.1. The summed E-state index contributed by atoms with van der Waals surface area (Å²) in [5.74, 6) is -1.41. The third kappa shape index (κ3) is 10.6. The van der Waals surface area contributed by atoms with Gasteiger partial charge in [-0.1, -0.05) is 48.5 Å². The van der Waals surface area contributed by atoms with Gasteiger partial charge in [0.05, 0.1) is 33.5 Å². The Hall–Kier alpha value is -2.48. The molecular formula is C41H44Br2F2O8P2S2.